The lowest BCUT2D eigenvalue weighted by Gasteiger charge is -2.19. The molecule has 0 atom stereocenters. The van der Waals surface area contributed by atoms with Crippen LogP contribution in [0.3, 0.4) is 0 Å². The van der Waals surface area contributed by atoms with E-state index in [-0.39, 0.29) is 5.54 Å². The van der Waals surface area contributed by atoms with E-state index in [4.69, 9.17) is 23.2 Å². The molecule has 0 saturated heterocycles. The molecule has 2 nitrogen and oxygen atoms in total. The van der Waals surface area contributed by atoms with Crippen LogP contribution in [0.2, 0.25) is 10.0 Å². The first-order valence-corrected chi connectivity index (χ1v) is 7.43. The monoisotopic (exact) mass is 310 g/mol. The number of halogens is 2. The first kappa shape index (κ1) is 15.4. The second-order valence-electron chi connectivity index (χ2n) is 6.04. The van der Waals surface area contributed by atoms with Gasteiger partial charge in [0, 0.05) is 31.0 Å². The van der Waals surface area contributed by atoms with Crippen molar-refractivity contribution in [2.45, 2.75) is 39.4 Å². The van der Waals surface area contributed by atoms with Gasteiger partial charge in [-0.05, 0) is 50.1 Å². The first-order chi connectivity index (χ1) is 9.33. The summed E-state index contributed by atoms with van der Waals surface area (Å²) < 4.78 is 2.15. The molecule has 0 unspecified atom stereocenters. The third kappa shape index (κ3) is 4.55. The molecule has 0 saturated carbocycles. The Morgan fingerprint density at radius 1 is 1.05 bits per heavy atom. The van der Waals surface area contributed by atoms with Crippen LogP contribution in [0.5, 0.6) is 0 Å². The fraction of sp³-hybridized carbons (Fsp3) is 0.375. The number of nitrogens with one attached hydrogen (secondary N) is 1. The van der Waals surface area contributed by atoms with Crippen molar-refractivity contribution in [3.05, 3.63) is 57.8 Å². The Bertz CT molecular complexity index is 582. The number of nitrogens with zero attached hydrogens (tertiary/aromatic N) is 1. The minimum atomic E-state index is 0.131. The maximum atomic E-state index is 6.03. The largest absolute Gasteiger partial charge is 0.350 e. The standard InChI is InChI=1S/C16H20Cl2N2/c1-16(2,3)19-9-13-6-7-20(11-13)10-12-4-5-14(17)15(18)8-12/h4-8,11,19H,9-10H2,1-3H3. The van der Waals surface area contributed by atoms with Gasteiger partial charge < -0.3 is 9.88 Å². The van der Waals surface area contributed by atoms with Crippen molar-refractivity contribution in [3.8, 4) is 0 Å². The smallest absolute Gasteiger partial charge is 0.0595 e. The van der Waals surface area contributed by atoms with Gasteiger partial charge in [0.15, 0.2) is 0 Å². The topological polar surface area (TPSA) is 17.0 Å². The van der Waals surface area contributed by atoms with E-state index in [9.17, 15) is 0 Å². The quantitative estimate of drug-likeness (QED) is 0.863. The minimum absolute atomic E-state index is 0.131. The van der Waals surface area contributed by atoms with Crippen molar-refractivity contribution in [1.29, 1.82) is 0 Å². The molecule has 1 N–H and O–H groups in total. The van der Waals surface area contributed by atoms with E-state index in [1.807, 2.05) is 18.2 Å². The van der Waals surface area contributed by atoms with E-state index >= 15 is 0 Å². The fourth-order valence-electron chi connectivity index (χ4n) is 1.91. The average molecular weight is 311 g/mol. The highest BCUT2D eigenvalue weighted by Crippen LogP contribution is 2.23. The third-order valence-corrected chi connectivity index (χ3v) is 3.72. The van der Waals surface area contributed by atoms with Crippen LogP contribution in [0.1, 0.15) is 31.9 Å². The molecule has 0 spiro atoms. The van der Waals surface area contributed by atoms with Gasteiger partial charge in [-0.25, -0.2) is 0 Å². The predicted molar refractivity (Wildman–Crippen MR) is 86.6 cm³/mol. The van der Waals surface area contributed by atoms with Gasteiger partial charge in [-0.2, -0.15) is 0 Å². The maximum Gasteiger partial charge on any atom is 0.0595 e. The Morgan fingerprint density at radius 2 is 1.80 bits per heavy atom. The maximum absolute atomic E-state index is 6.03. The lowest BCUT2D eigenvalue weighted by Crippen LogP contribution is -2.34. The predicted octanol–water partition coefficient (Wildman–Crippen LogP) is 4.73. The molecule has 4 heteroatoms. The molecule has 0 aliphatic carbocycles. The molecule has 0 fully saturated rings. The summed E-state index contributed by atoms with van der Waals surface area (Å²) in [5.74, 6) is 0. The summed E-state index contributed by atoms with van der Waals surface area (Å²) >= 11 is 12.0. The highest BCUT2D eigenvalue weighted by Gasteiger charge is 2.09. The van der Waals surface area contributed by atoms with Crippen molar-refractivity contribution in [3.63, 3.8) is 0 Å². The molecule has 1 aromatic carbocycles. The second kappa shape index (κ2) is 6.21. The highest BCUT2D eigenvalue weighted by molar-refractivity contribution is 6.42. The van der Waals surface area contributed by atoms with E-state index in [0.29, 0.717) is 10.0 Å². The summed E-state index contributed by atoms with van der Waals surface area (Å²) in [6.07, 6.45) is 4.24. The molecule has 2 aromatic rings. The van der Waals surface area contributed by atoms with Crippen LogP contribution in [0.15, 0.2) is 36.7 Å². The lowest BCUT2D eigenvalue weighted by molar-refractivity contribution is 0.424. The van der Waals surface area contributed by atoms with E-state index in [1.54, 1.807) is 0 Å². The summed E-state index contributed by atoms with van der Waals surface area (Å²) in [6.45, 7) is 8.17. The molecular formula is C16H20Cl2N2. The van der Waals surface area contributed by atoms with Gasteiger partial charge in [-0.1, -0.05) is 29.3 Å². The molecule has 1 aromatic heterocycles. The Labute approximate surface area is 130 Å². The fourth-order valence-corrected chi connectivity index (χ4v) is 2.23. The van der Waals surface area contributed by atoms with Crippen LogP contribution in [0.4, 0.5) is 0 Å². The van der Waals surface area contributed by atoms with Crippen LogP contribution < -0.4 is 5.32 Å². The van der Waals surface area contributed by atoms with Crippen molar-refractivity contribution in [1.82, 2.24) is 9.88 Å². The van der Waals surface area contributed by atoms with Crippen molar-refractivity contribution < 1.29 is 0 Å². The Kier molecular flexibility index (Phi) is 4.79. The zero-order valence-electron chi connectivity index (χ0n) is 12.1. The van der Waals surface area contributed by atoms with Gasteiger partial charge in [-0.3, -0.25) is 0 Å². The van der Waals surface area contributed by atoms with Crippen molar-refractivity contribution in [2.75, 3.05) is 0 Å². The molecule has 0 radical (unpaired) electrons. The Balaban J connectivity index is 2.00. The molecule has 2 rings (SSSR count). The summed E-state index contributed by atoms with van der Waals surface area (Å²) in [5.41, 5.74) is 2.55. The highest BCUT2D eigenvalue weighted by atomic mass is 35.5. The van der Waals surface area contributed by atoms with Crippen LogP contribution in [0, 0.1) is 0 Å². The SMILES string of the molecule is CC(C)(C)NCc1ccn(Cc2ccc(Cl)c(Cl)c2)c1. The summed E-state index contributed by atoms with van der Waals surface area (Å²) in [6, 6.07) is 7.89. The third-order valence-electron chi connectivity index (χ3n) is 2.98. The zero-order chi connectivity index (χ0) is 14.8. The number of hydrogen-bond donors (Lipinski definition) is 1. The summed E-state index contributed by atoms with van der Waals surface area (Å²) in [4.78, 5) is 0. The Hall–Kier alpha value is -0.960. The normalized spacial score (nSPS) is 11.8. The van der Waals surface area contributed by atoms with Gasteiger partial charge in [-0.15, -0.1) is 0 Å². The van der Waals surface area contributed by atoms with Crippen molar-refractivity contribution >= 4 is 23.2 Å². The van der Waals surface area contributed by atoms with E-state index in [1.165, 1.54) is 5.56 Å². The Morgan fingerprint density at radius 3 is 2.45 bits per heavy atom. The molecule has 108 valence electrons. The molecular weight excluding hydrogens is 291 g/mol. The zero-order valence-corrected chi connectivity index (χ0v) is 13.6. The van der Waals surface area contributed by atoms with E-state index in [2.05, 4.69) is 49.1 Å². The van der Waals surface area contributed by atoms with E-state index < -0.39 is 0 Å². The van der Waals surface area contributed by atoms with Crippen molar-refractivity contribution in [2.24, 2.45) is 0 Å². The van der Waals surface area contributed by atoms with Gasteiger partial charge >= 0.3 is 0 Å². The second-order valence-corrected chi connectivity index (χ2v) is 6.86. The van der Waals surface area contributed by atoms with E-state index in [0.717, 1.165) is 18.7 Å². The van der Waals surface area contributed by atoms with Crippen LogP contribution in [-0.4, -0.2) is 10.1 Å². The average Bonchev–Trinajstić information content (AvgIpc) is 2.78. The molecule has 20 heavy (non-hydrogen) atoms. The van der Waals surface area contributed by atoms with Crippen LogP contribution in [0.25, 0.3) is 0 Å². The van der Waals surface area contributed by atoms with Crippen LogP contribution >= 0.6 is 23.2 Å². The number of benzene rings is 1. The molecule has 0 bridgehead atoms. The summed E-state index contributed by atoms with van der Waals surface area (Å²) in [7, 11) is 0. The minimum Gasteiger partial charge on any atom is -0.350 e. The van der Waals surface area contributed by atoms with Gasteiger partial charge in [0.05, 0.1) is 10.0 Å². The first-order valence-electron chi connectivity index (χ1n) is 6.67. The molecule has 0 aliphatic heterocycles. The van der Waals surface area contributed by atoms with Gasteiger partial charge in [0.25, 0.3) is 0 Å². The molecule has 1 heterocycles. The van der Waals surface area contributed by atoms with Crippen LogP contribution in [-0.2, 0) is 13.1 Å². The molecule has 0 aliphatic rings. The van der Waals surface area contributed by atoms with Gasteiger partial charge in [0.1, 0.15) is 0 Å². The van der Waals surface area contributed by atoms with Gasteiger partial charge in [0.2, 0.25) is 0 Å². The lowest BCUT2D eigenvalue weighted by atomic mass is 10.1. The summed E-state index contributed by atoms with van der Waals surface area (Å²) in [5, 5.41) is 4.68. The number of hydrogen-bond acceptors (Lipinski definition) is 1. The molecule has 0 amide bonds. The number of aromatic nitrogens is 1. The number of rotatable bonds is 4.